The van der Waals surface area contributed by atoms with E-state index in [1.807, 2.05) is 57.2 Å². The van der Waals surface area contributed by atoms with Gasteiger partial charge in [-0.2, -0.15) is 0 Å². The van der Waals surface area contributed by atoms with Crippen LogP contribution in [0, 0.1) is 20.8 Å². The lowest BCUT2D eigenvalue weighted by Crippen LogP contribution is -2.32. The highest BCUT2D eigenvalue weighted by Crippen LogP contribution is 2.19. The monoisotopic (exact) mass is 366 g/mol. The maximum atomic E-state index is 12.3. The first-order valence-electron chi connectivity index (χ1n) is 9.14. The standard InChI is InChI=1S/C22H26N2O3/c1-14-4-8-19(9-5-14)27-13-18(25)12-23-11-17-10-20-15(2)6-7-16(3)21(20)24-22(17)26/h4-10,18,23,25H,11-13H2,1-3H3,(H,24,26)/t18-/m0/s1. The van der Waals surface area contributed by atoms with Crippen LogP contribution in [-0.4, -0.2) is 29.3 Å². The van der Waals surface area contributed by atoms with E-state index in [4.69, 9.17) is 4.74 Å². The Kier molecular flexibility index (Phi) is 5.94. The van der Waals surface area contributed by atoms with E-state index in [0.29, 0.717) is 18.7 Å². The van der Waals surface area contributed by atoms with Gasteiger partial charge in [0.1, 0.15) is 18.5 Å². The van der Waals surface area contributed by atoms with Crippen molar-refractivity contribution >= 4 is 10.9 Å². The lowest BCUT2D eigenvalue weighted by atomic mass is 10.0. The number of aliphatic hydroxyl groups excluding tert-OH is 1. The van der Waals surface area contributed by atoms with Crippen molar-refractivity contribution in [2.45, 2.75) is 33.4 Å². The molecule has 0 unspecified atom stereocenters. The topological polar surface area (TPSA) is 74.3 Å². The van der Waals surface area contributed by atoms with Gasteiger partial charge < -0.3 is 20.1 Å². The second-order valence-electron chi connectivity index (χ2n) is 7.02. The van der Waals surface area contributed by atoms with Crippen LogP contribution in [0.25, 0.3) is 10.9 Å². The number of hydrogen-bond donors (Lipinski definition) is 3. The summed E-state index contributed by atoms with van der Waals surface area (Å²) in [5.74, 6) is 0.733. The van der Waals surface area contributed by atoms with Crippen LogP contribution in [0.4, 0.5) is 0 Å². The maximum Gasteiger partial charge on any atom is 0.252 e. The fourth-order valence-corrected chi connectivity index (χ4v) is 3.01. The Hall–Kier alpha value is -2.63. The Morgan fingerprint density at radius 3 is 2.52 bits per heavy atom. The number of aliphatic hydroxyl groups is 1. The van der Waals surface area contributed by atoms with Crippen molar-refractivity contribution in [2.75, 3.05) is 13.2 Å². The van der Waals surface area contributed by atoms with Gasteiger partial charge in [-0.25, -0.2) is 0 Å². The molecule has 1 aromatic heterocycles. The van der Waals surface area contributed by atoms with Gasteiger partial charge in [0.2, 0.25) is 0 Å². The van der Waals surface area contributed by atoms with Crippen LogP contribution < -0.4 is 15.6 Å². The number of H-pyrrole nitrogens is 1. The zero-order valence-corrected chi connectivity index (χ0v) is 16.0. The summed E-state index contributed by atoms with van der Waals surface area (Å²) in [5, 5.41) is 14.3. The Labute approximate surface area is 159 Å². The molecule has 3 rings (SSSR count). The number of benzene rings is 2. The van der Waals surface area contributed by atoms with E-state index in [-0.39, 0.29) is 12.2 Å². The van der Waals surface area contributed by atoms with E-state index in [1.165, 1.54) is 0 Å². The first-order valence-corrected chi connectivity index (χ1v) is 9.14. The summed E-state index contributed by atoms with van der Waals surface area (Å²) in [7, 11) is 0. The molecule has 0 fully saturated rings. The molecule has 5 nitrogen and oxygen atoms in total. The van der Waals surface area contributed by atoms with E-state index in [9.17, 15) is 9.90 Å². The van der Waals surface area contributed by atoms with Gasteiger partial charge in [-0.1, -0.05) is 29.8 Å². The van der Waals surface area contributed by atoms with E-state index in [0.717, 1.165) is 33.3 Å². The second-order valence-corrected chi connectivity index (χ2v) is 7.02. The normalized spacial score (nSPS) is 12.3. The molecule has 0 radical (unpaired) electrons. The zero-order valence-electron chi connectivity index (χ0n) is 16.0. The molecule has 3 N–H and O–H groups in total. The quantitative estimate of drug-likeness (QED) is 0.601. The van der Waals surface area contributed by atoms with Gasteiger partial charge in [-0.05, 0) is 50.1 Å². The summed E-state index contributed by atoms with van der Waals surface area (Å²) in [4.78, 5) is 15.3. The zero-order chi connectivity index (χ0) is 19.4. The van der Waals surface area contributed by atoms with Crippen molar-refractivity contribution in [2.24, 2.45) is 0 Å². The van der Waals surface area contributed by atoms with Gasteiger partial charge in [0.25, 0.3) is 5.56 Å². The minimum atomic E-state index is -0.658. The predicted molar refractivity (Wildman–Crippen MR) is 108 cm³/mol. The molecule has 1 atom stereocenters. The third kappa shape index (κ3) is 4.76. The third-order valence-corrected chi connectivity index (χ3v) is 4.68. The minimum Gasteiger partial charge on any atom is -0.491 e. The highest BCUT2D eigenvalue weighted by Gasteiger charge is 2.09. The summed E-state index contributed by atoms with van der Waals surface area (Å²) < 4.78 is 5.58. The summed E-state index contributed by atoms with van der Waals surface area (Å²) in [6.07, 6.45) is -0.658. The van der Waals surface area contributed by atoms with Gasteiger partial charge in [0.05, 0.1) is 5.52 Å². The maximum absolute atomic E-state index is 12.3. The number of nitrogens with one attached hydrogen (secondary N) is 2. The van der Waals surface area contributed by atoms with E-state index in [2.05, 4.69) is 16.4 Å². The molecule has 0 amide bonds. The molecule has 5 heteroatoms. The van der Waals surface area contributed by atoms with Crippen molar-refractivity contribution in [3.63, 3.8) is 0 Å². The fourth-order valence-electron chi connectivity index (χ4n) is 3.01. The van der Waals surface area contributed by atoms with Crippen molar-refractivity contribution in [1.82, 2.24) is 10.3 Å². The molecule has 3 aromatic rings. The highest BCUT2D eigenvalue weighted by molar-refractivity contribution is 5.85. The third-order valence-electron chi connectivity index (χ3n) is 4.68. The number of aromatic amines is 1. The van der Waals surface area contributed by atoms with E-state index in [1.54, 1.807) is 0 Å². The first kappa shape index (κ1) is 19.1. The first-order chi connectivity index (χ1) is 12.9. The molecule has 0 spiro atoms. The lowest BCUT2D eigenvalue weighted by Gasteiger charge is -2.14. The largest absolute Gasteiger partial charge is 0.491 e. The Morgan fingerprint density at radius 1 is 1.07 bits per heavy atom. The van der Waals surface area contributed by atoms with Crippen molar-refractivity contribution in [3.05, 3.63) is 75.1 Å². The van der Waals surface area contributed by atoms with Gasteiger partial charge in [0.15, 0.2) is 0 Å². The Balaban J connectivity index is 1.57. The van der Waals surface area contributed by atoms with Gasteiger partial charge in [0, 0.05) is 24.0 Å². The number of aromatic nitrogens is 1. The highest BCUT2D eigenvalue weighted by atomic mass is 16.5. The van der Waals surface area contributed by atoms with Crippen LogP contribution >= 0.6 is 0 Å². The summed E-state index contributed by atoms with van der Waals surface area (Å²) in [6, 6.07) is 13.7. The number of hydrogen-bond acceptors (Lipinski definition) is 4. The number of pyridine rings is 1. The van der Waals surface area contributed by atoms with Gasteiger partial charge >= 0.3 is 0 Å². The summed E-state index contributed by atoms with van der Waals surface area (Å²) >= 11 is 0. The molecule has 0 aliphatic rings. The fraction of sp³-hybridized carbons (Fsp3) is 0.318. The van der Waals surface area contributed by atoms with Crippen molar-refractivity contribution < 1.29 is 9.84 Å². The average molecular weight is 366 g/mol. The van der Waals surface area contributed by atoms with Crippen LogP contribution in [0.1, 0.15) is 22.3 Å². The second kappa shape index (κ2) is 8.37. The van der Waals surface area contributed by atoms with Crippen molar-refractivity contribution in [1.29, 1.82) is 0 Å². The SMILES string of the molecule is Cc1ccc(OC[C@@H](O)CNCc2cc3c(C)ccc(C)c3[nH]c2=O)cc1. The number of aryl methyl sites for hydroxylation is 3. The number of fused-ring (bicyclic) bond motifs is 1. The molecular formula is C22H26N2O3. The summed E-state index contributed by atoms with van der Waals surface area (Å²) in [5.41, 5.74) is 4.78. The van der Waals surface area contributed by atoms with E-state index < -0.39 is 6.10 Å². The molecule has 27 heavy (non-hydrogen) atoms. The minimum absolute atomic E-state index is 0.103. The smallest absolute Gasteiger partial charge is 0.252 e. The molecule has 0 saturated carbocycles. The van der Waals surface area contributed by atoms with Crippen LogP contribution in [0.15, 0.2) is 47.3 Å². The Bertz CT molecular complexity index is 977. The van der Waals surface area contributed by atoms with Gasteiger partial charge in [-0.15, -0.1) is 0 Å². The van der Waals surface area contributed by atoms with Gasteiger partial charge in [-0.3, -0.25) is 4.79 Å². The molecular weight excluding hydrogens is 340 g/mol. The molecule has 2 aromatic carbocycles. The number of ether oxygens (including phenoxy) is 1. The Morgan fingerprint density at radius 2 is 1.78 bits per heavy atom. The average Bonchev–Trinajstić information content (AvgIpc) is 2.65. The van der Waals surface area contributed by atoms with Crippen LogP contribution in [-0.2, 0) is 6.54 Å². The summed E-state index contributed by atoms with van der Waals surface area (Å²) in [6.45, 7) is 6.96. The van der Waals surface area contributed by atoms with Crippen LogP contribution in [0.3, 0.4) is 0 Å². The van der Waals surface area contributed by atoms with Crippen molar-refractivity contribution in [3.8, 4) is 5.75 Å². The predicted octanol–water partition coefficient (Wildman–Crippen LogP) is 2.98. The molecule has 0 bridgehead atoms. The molecule has 0 saturated heterocycles. The lowest BCUT2D eigenvalue weighted by molar-refractivity contribution is 0.106. The van der Waals surface area contributed by atoms with E-state index >= 15 is 0 Å². The van der Waals surface area contributed by atoms with Crippen LogP contribution in [0.5, 0.6) is 5.75 Å². The molecule has 142 valence electrons. The number of rotatable bonds is 7. The van der Waals surface area contributed by atoms with Crippen LogP contribution in [0.2, 0.25) is 0 Å². The molecule has 1 heterocycles. The molecule has 0 aliphatic carbocycles. The molecule has 0 aliphatic heterocycles.